The molecule has 1 amide bonds. The van der Waals surface area contributed by atoms with E-state index in [1.807, 2.05) is 0 Å². The molecule has 1 unspecified atom stereocenters. The summed E-state index contributed by atoms with van der Waals surface area (Å²) in [5, 5.41) is -0.269. The number of alkyl halides is 3. The van der Waals surface area contributed by atoms with E-state index >= 15 is 0 Å². The van der Waals surface area contributed by atoms with Gasteiger partial charge >= 0.3 is 6.18 Å². The summed E-state index contributed by atoms with van der Waals surface area (Å²) in [4.78, 5) is 16.9. The van der Waals surface area contributed by atoms with E-state index in [4.69, 9.17) is 21.1 Å². The molecule has 2 aromatic rings. The monoisotopic (exact) mass is 372 g/mol. The third-order valence-corrected chi connectivity index (χ3v) is 3.89. The molecule has 132 valence electrons. The van der Waals surface area contributed by atoms with E-state index in [0.29, 0.717) is 17.6 Å². The zero-order chi connectivity index (χ0) is 18.4. The summed E-state index contributed by atoms with van der Waals surface area (Å²) in [6.45, 7) is 1.61. The number of carbonyl (C=O) groups is 1. The SMILES string of the molecule is CC1Oc2cc(Oc3ncc(C(F)(F)F)cc3Cl)ccc2N(C)C1=O. The molecule has 0 saturated heterocycles. The third kappa shape index (κ3) is 3.34. The van der Waals surface area contributed by atoms with Gasteiger partial charge in [-0.15, -0.1) is 0 Å². The highest BCUT2D eigenvalue weighted by Crippen LogP contribution is 2.39. The van der Waals surface area contributed by atoms with Gasteiger partial charge in [-0.25, -0.2) is 4.98 Å². The second-order valence-corrected chi connectivity index (χ2v) is 5.80. The Hall–Kier alpha value is -2.48. The summed E-state index contributed by atoms with van der Waals surface area (Å²) in [6, 6.07) is 5.40. The summed E-state index contributed by atoms with van der Waals surface area (Å²) in [5.74, 6) is 0.328. The van der Waals surface area contributed by atoms with Crippen molar-refractivity contribution in [1.29, 1.82) is 0 Å². The third-order valence-electron chi connectivity index (χ3n) is 3.62. The van der Waals surface area contributed by atoms with Gasteiger partial charge in [0.1, 0.15) is 16.5 Å². The second-order valence-electron chi connectivity index (χ2n) is 5.40. The highest BCUT2D eigenvalue weighted by molar-refractivity contribution is 6.31. The van der Waals surface area contributed by atoms with Gasteiger partial charge in [-0.2, -0.15) is 13.2 Å². The van der Waals surface area contributed by atoms with Gasteiger partial charge in [0, 0.05) is 19.3 Å². The van der Waals surface area contributed by atoms with Gasteiger partial charge in [-0.1, -0.05) is 11.6 Å². The number of anilines is 1. The Morgan fingerprint density at radius 2 is 2.04 bits per heavy atom. The summed E-state index contributed by atoms with van der Waals surface area (Å²) >= 11 is 5.82. The number of benzene rings is 1. The van der Waals surface area contributed by atoms with Crippen LogP contribution in [0, 0.1) is 0 Å². The van der Waals surface area contributed by atoms with Crippen LogP contribution in [0.3, 0.4) is 0 Å². The predicted molar refractivity (Wildman–Crippen MR) is 84.3 cm³/mol. The lowest BCUT2D eigenvalue weighted by molar-refractivity contribution is -0.137. The first kappa shape index (κ1) is 17.3. The fourth-order valence-corrected chi connectivity index (χ4v) is 2.53. The van der Waals surface area contributed by atoms with Crippen molar-refractivity contribution in [3.05, 3.63) is 41.0 Å². The Bertz CT molecular complexity index is 842. The number of aromatic nitrogens is 1. The number of rotatable bonds is 2. The number of ether oxygens (including phenoxy) is 2. The van der Waals surface area contributed by atoms with Gasteiger partial charge in [0.15, 0.2) is 6.10 Å². The first-order chi connectivity index (χ1) is 11.7. The molecule has 1 aromatic heterocycles. The minimum absolute atomic E-state index is 0.164. The number of pyridine rings is 1. The highest BCUT2D eigenvalue weighted by atomic mass is 35.5. The molecule has 0 N–H and O–H groups in total. The van der Waals surface area contributed by atoms with Gasteiger partial charge in [0.05, 0.1) is 11.3 Å². The van der Waals surface area contributed by atoms with E-state index in [-0.39, 0.29) is 22.6 Å². The van der Waals surface area contributed by atoms with E-state index in [1.165, 1.54) is 17.0 Å². The number of amides is 1. The van der Waals surface area contributed by atoms with Crippen molar-refractivity contribution in [3.63, 3.8) is 0 Å². The molecular weight excluding hydrogens is 361 g/mol. The molecule has 0 spiro atoms. The lowest BCUT2D eigenvalue weighted by Crippen LogP contribution is -2.41. The van der Waals surface area contributed by atoms with Gasteiger partial charge < -0.3 is 14.4 Å². The molecule has 3 rings (SSSR count). The largest absolute Gasteiger partial charge is 0.479 e. The number of carbonyl (C=O) groups excluding carboxylic acids is 1. The minimum atomic E-state index is -4.54. The van der Waals surface area contributed by atoms with Gasteiger partial charge in [-0.05, 0) is 25.1 Å². The molecule has 1 atom stereocenters. The van der Waals surface area contributed by atoms with Crippen LogP contribution in [0.4, 0.5) is 18.9 Å². The summed E-state index contributed by atoms with van der Waals surface area (Å²) in [7, 11) is 1.62. The zero-order valence-electron chi connectivity index (χ0n) is 13.1. The smallest absolute Gasteiger partial charge is 0.417 e. The quantitative estimate of drug-likeness (QED) is 0.789. The Morgan fingerprint density at radius 3 is 2.68 bits per heavy atom. The molecule has 1 aromatic carbocycles. The van der Waals surface area contributed by atoms with Crippen LogP contribution in [0.1, 0.15) is 12.5 Å². The number of likely N-dealkylation sites (N-methyl/N-ethyl adjacent to an activating group) is 1. The number of hydrogen-bond donors (Lipinski definition) is 0. The number of halogens is 4. The number of fused-ring (bicyclic) bond motifs is 1. The molecule has 9 heteroatoms. The van der Waals surface area contributed by atoms with Crippen molar-refractivity contribution in [1.82, 2.24) is 4.98 Å². The zero-order valence-corrected chi connectivity index (χ0v) is 13.9. The minimum Gasteiger partial charge on any atom is -0.479 e. The Morgan fingerprint density at radius 1 is 1.32 bits per heavy atom. The van der Waals surface area contributed by atoms with Crippen molar-refractivity contribution in [2.45, 2.75) is 19.2 Å². The maximum atomic E-state index is 12.6. The Balaban J connectivity index is 1.88. The molecule has 0 aliphatic carbocycles. The second kappa shape index (κ2) is 6.11. The van der Waals surface area contributed by atoms with Crippen LogP contribution in [0.15, 0.2) is 30.5 Å². The molecule has 5 nitrogen and oxygen atoms in total. The van der Waals surface area contributed by atoms with Crippen LogP contribution in [-0.2, 0) is 11.0 Å². The molecule has 0 bridgehead atoms. The molecule has 25 heavy (non-hydrogen) atoms. The van der Waals surface area contributed by atoms with Gasteiger partial charge in [-0.3, -0.25) is 4.79 Å². The van der Waals surface area contributed by atoms with Crippen LogP contribution >= 0.6 is 11.6 Å². The first-order valence-corrected chi connectivity index (χ1v) is 7.53. The highest BCUT2D eigenvalue weighted by Gasteiger charge is 2.32. The van der Waals surface area contributed by atoms with Crippen molar-refractivity contribution < 1.29 is 27.4 Å². The average Bonchev–Trinajstić information content (AvgIpc) is 2.53. The number of nitrogens with zero attached hydrogens (tertiary/aromatic N) is 2. The van der Waals surface area contributed by atoms with E-state index < -0.39 is 17.8 Å². The first-order valence-electron chi connectivity index (χ1n) is 7.15. The summed E-state index contributed by atoms with van der Waals surface area (Å²) in [6.07, 6.45) is -4.55. The van der Waals surface area contributed by atoms with E-state index in [2.05, 4.69) is 4.98 Å². The topological polar surface area (TPSA) is 51.7 Å². The van der Waals surface area contributed by atoms with Crippen LogP contribution in [0.25, 0.3) is 0 Å². The molecule has 2 heterocycles. The van der Waals surface area contributed by atoms with Crippen LogP contribution in [-0.4, -0.2) is 24.0 Å². The molecular formula is C16H12ClF3N2O3. The molecule has 0 fully saturated rings. The molecule has 0 radical (unpaired) electrons. The number of hydrogen-bond acceptors (Lipinski definition) is 4. The van der Waals surface area contributed by atoms with E-state index in [1.54, 1.807) is 20.0 Å². The van der Waals surface area contributed by atoms with Gasteiger partial charge in [0.25, 0.3) is 5.91 Å². The van der Waals surface area contributed by atoms with Crippen molar-refractivity contribution in [3.8, 4) is 17.4 Å². The Kier molecular flexibility index (Phi) is 4.24. The Labute approximate surface area is 145 Å². The van der Waals surface area contributed by atoms with Crippen LogP contribution in [0.5, 0.6) is 17.4 Å². The van der Waals surface area contributed by atoms with Crippen LogP contribution in [0.2, 0.25) is 5.02 Å². The van der Waals surface area contributed by atoms with Gasteiger partial charge in [0.2, 0.25) is 5.88 Å². The molecule has 1 aliphatic heterocycles. The fourth-order valence-electron chi connectivity index (χ4n) is 2.33. The lowest BCUT2D eigenvalue weighted by Gasteiger charge is -2.30. The van der Waals surface area contributed by atoms with Crippen molar-refractivity contribution in [2.75, 3.05) is 11.9 Å². The normalized spacial score (nSPS) is 17.1. The average molecular weight is 373 g/mol. The summed E-state index contributed by atoms with van der Waals surface area (Å²) in [5.41, 5.74) is -0.408. The fraction of sp³-hybridized carbons (Fsp3) is 0.250. The molecule has 0 saturated carbocycles. The standard InChI is InChI=1S/C16H12ClF3N2O3/c1-8-15(23)22(2)12-4-3-10(6-13(12)24-8)25-14-11(17)5-9(7-21-14)16(18,19)20/h3-8H,1-2H3. The van der Waals surface area contributed by atoms with Crippen LogP contribution < -0.4 is 14.4 Å². The van der Waals surface area contributed by atoms with Crippen molar-refractivity contribution in [2.24, 2.45) is 0 Å². The van der Waals surface area contributed by atoms with E-state index in [9.17, 15) is 18.0 Å². The maximum absolute atomic E-state index is 12.6. The lowest BCUT2D eigenvalue weighted by atomic mass is 10.2. The predicted octanol–water partition coefficient (Wildman–Crippen LogP) is 4.29. The molecule has 1 aliphatic rings. The summed E-state index contributed by atoms with van der Waals surface area (Å²) < 4.78 is 48.9. The maximum Gasteiger partial charge on any atom is 0.417 e. The van der Waals surface area contributed by atoms with Crippen molar-refractivity contribution >= 4 is 23.2 Å². The van der Waals surface area contributed by atoms with E-state index in [0.717, 1.165) is 6.07 Å².